The fourth-order valence-corrected chi connectivity index (χ4v) is 5.59. The Labute approximate surface area is 251 Å². The van der Waals surface area contributed by atoms with E-state index >= 15 is 0 Å². The van der Waals surface area contributed by atoms with Crippen LogP contribution in [0.15, 0.2) is 60.9 Å². The van der Waals surface area contributed by atoms with E-state index in [-0.39, 0.29) is 29.8 Å². The Morgan fingerprint density at radius 2 is 1.47 bits per heavy atom. The number of aromatic nitrogens is 1. The fourth-order valence-electron chi connectivity index (χ4n) is 5.59. The van der Waals surface area contributed by atoms with Gasteiger partial charge in [-0.25, -0.2) is 0 Å². The normalized spacial score (nSPS) is 18.5. The summed E-state index contributed by atoms with van der Waals surface area (Å²) in [5, 5.41) is 6.13. The quantitative estimate of drug-likeness (QED) is 0.366. The molecule has 3 amide bonds. The molecule has 0 spiro atoms. The Kier molecular flexibility index (Phi) is 9.41. The van der Waals surface area contributed by atoms with Crippen LogP contribution >= 0.6 is 0 Å². The molecule has 2 aliphatic rings. The third-order valence-corrected chi connectivity index (χ3v) is 8.09. The first kappa shape index (κ1) is 29.8. The van der Waals surface area contributed by atoms with E-state index in [4.69, 9.17) is 15.2 Å². The molecule has 0 radical (unpaired) electrons. The summed E-state index contributed by atoms with van der Waals surface area (Å²) in [7, 11) is 3.09. The molecule has 2 heterocycles. The van der Waals surface area contributed by atoms with Gasteiger partial charge < -0.3 is 35.6 Å². The summed E-state index contributed by atoms with van der Waals surface area (Å²) in [5.74, 6) is 0.479. The van der Waals surface area contributed by atoms with E-state index in [2.05, 4.69) is 20.5 Å². The minimum absolute atomic E-state index is 0.0816. The predicted molar refractivity (Wildman–Crippen MR) is 164 cm³/mol. The van der Waals surface area contributed by atoms with Gasteiger partial charge in [0.15, 0.2) is 11.5 Å². The van der Waals surface area contributed by atoms with E-state index in [0.29, 0.717) is 60.1 Å². The topological polar surface area (TPSA) is 139 Å². The number of rotatable bonds is 8. The smallest absolute Gasteiger partial charge is 0.255 e. The first-order chi connectivity index (χ1) is 20.9. The molecule has 1 saturated carbocycles. The number of hydrogen-bond donors (Lipinski definition) is 3. The highest BCUT2D eigenvalue weighted by Crippen LogP contribution is 2.31. The molecule has 226 valence electrons. The molecule has 2 fully saturated rings. The van der Waals surface area contributed by atoms with Crippen LogP contribution in [0.3, 0.4) is 0 Å². The maximum Gasteiger partial charge on any atom is 0.255 e. The molecule has 1 aliphatic carbocycles. The number of anilines is 2. The molecule has 3 aromatic rings. The molecule has 11 nitrogen and oxygen atoms in total. The summed E-state index contributed by atoms with van der Waals surface area (Å²) in [6, 6.07) is 14.0. The number of benzene rings is 2. The predicted octanol–water partition coefficient (Wildman–Crippen LogP) is 3.31. The van der Waals surface area contributed by atoms with Gasteiger partial charge in [0.1, 0.15) is 0 Å². The number of ether oxygens (including phenoxy) is 2. The number of carbonyl (C=O) groups is 3. The van der Waals surface area contributed by atoms with Crippen molar-refractivity contribution in [2.45, 2.75) is 37.8 Å². The second kappa shape index (κ2) is 13.6. The van der Waals surface area contributed by atoms with Gasteiger partial charge in [0.25, 0.3) is 17.7 Å². The van der Waals surface area contributed by atoms with Crippen molar-refractivity contribution in [2.24, 2.45) is 5.73 Å². The van der Waals surface area contributed by atoms with Crippen LogP contribution in [0.5, 0.6) is 11.5 Å². The second-order valence-corrected chi connectivity index (χ2v) is 10.9. The molecule has 0 bridgehead atoms. The first-order valence-corrected chi connectivity index (χ1v) is 14.5. The van der Waals surface area contributed by atoms with Gasteiger partial charge in [0, 0.05) is 67.3 Å². The zero-order valence-electron chi connectivity index (χ0n) is 24.5. The first-order valence-electron chi connectivity index (χ1n) is 14.5. The second-order valence-electron chi connectivity index (χ2n) is 10.9. The number of nitrogens with one attached hydrogen (secondary N) is 2. The largest absolute Gasteiger partial charge is 0.493 e. The average molecular weight is 587 g/mol. The van der Waals surface area contributed by atoms with Crippen molar-refractivity contribution >= 4 is 29.1 Å². The minimum atomic E-state index is -0.301. The zero-order valence-corrected chi connectivity index (χ0v) is 24.5. The molecule has 1 aliphatic heterocycles. The highest BCUT2D eigenvalue weighted by molar-refractivity contribution is 6.07. The van der Waals surface area contributed by atoms with E-state index < -0.39 is 0 Å². The van der Waals surface area contributed by atoms with Crippen molar-refractivity contribution in [1.82, 2.24) is 15.2 Å². The Balaban J connectivity index is 1.32. The summed E-state index contributed by atoms with van der Waals surface area (Å²) in [5.41, 5.74) is 8.77. The van der Waals surface area contributed by atoms with E-state index in [1.807, 2.05) is 6.07 Å². The van der Waals surface area contributed by atoms with Gasteiger partial charge in [0.05, 0.1) is 25.6 Å². The lowest BCUT2D eigenvalue weighted by Crippen LogP contribution is -2.49. The lowest BCUT2D eigenvalue weighted by Gasteiger charge is -2.37. The molecule has 43 heavy (non-hydrogen) atoms. The van der Waals surface area contributed by atoms with Gasteiger partial charge in [-0.1, -0.05) is 0 Å². The Bertz CT molecular complexity index is 1450. The average Bonchev–Trinajstić information content (AvgIpc) is 3.05. The molecule has 1 aromatic heterocycles. The van der Waals surface area contributed by atoms with Crippen LogP contribution in [0.4, 0.5) is 11.4 Å². The summed E-state index contributed by atoms with van der Waals surface area (Å²) in [4.78, 5) is 47.5. The van der Waals surface area contributed by atoms with Crippen molar-refractivity contribution in [3.05, 3.63) is 77.6 Å². The number of amides is 3. The van der Waals surface area contributed by atoms with Gasteiger partial charge in [0.2, 0.25) is 0 Å². The molecule has 11 heteroatoms. The molecular weight excluding hydrogens is 548 g/mol. The lowest BCUT2D eigenvalue weighted by molar-refractivity contribution is 0.0746. The minimum Gasteiger partial charge on any atom is -0.493 e. The maximum atomic E-state index is 13.3. The fraction of sp³-hybridized carbons (Fsp3) is 0.375. The van der Waals surface area contributed by atoms with E-state index in [9.17, 15) is 14.4 Å². The number of methoxy groups -OCH3 is 2. The summed E-state index contributed by atoms with van der Waals surface area (Å²) in [6.45, 7) is 2.06. The van der Waals surface area contributed by atoms with Gasteiger partial charge >= 0.3 is 0 Å². The SMILES string of the molecule is COc1ccc(C(=O)N2CCN(c3ccc(C(=O)NC4CCC(N)CC4)cc3NC(=O)c3ccncc3)CC2)cc1OC. The Hall–Kier alpha value is -4.64. The summed E-state index contributed by atoms with van der Waals surface area (Å²) < 4.78 is 10.7. The van der Waals surface area contributed by atoms with Crippen molar-refractivity contribution in [3.63, 3.8) is 0 Å². The van der Waals surface area contributed by atoms with Crippen molar-refractivity contribution in [3.8, 4) is 11.5 Å². The Morgan fingerprint density at radius 1 is 0.791 bits per heavy atom. The van der Waals surface area contributed by atoms with Gasteiger partial charge in [-0.05, 0) is 74.2 Å². The van der Waals surface area contributed by atoms with Crippen LogP contribution in [0.2, 0.25) is 0 Å². The monoisotopic (exact) mass is 586 g/mol. The van der Waals surface area contributed by atoms with Gasteiger partial charge in [-0.15, -0.1) is 0 Å². The number of pyridine rings is 1. The van der Waals surface area contributed by atoms with Crippen LogP contribution in [0.25, 0.3) is 0 Å². The van der Waals surface area contributed by atoms with Crippen molar-refractivity contribution in [2.75, 3.05) is 50.6 Å². The maximum absolute atomic E-state index is 13.3. The Morgan fingerprint density at radius 3 is 2.14 bits per heavy atom. The number of nitrogens with zero attached hydrogens (tertiary/aromatic N) is 3. The number of hydrogen-bond acceptors (Lipinski definition) is 8. The van der Waals surface area contributed by atoms with Crippen molar-refractivity contribution in [1.29, 1.82) is 0 Å². The number of nitrogens with two attached hydrogens (primary N) is 1. The van der Waals surface area contributed by atoms with Crippen molar-refractivity contribution < 1.29 is 23.9 Å². The zero-order chi connectivity index (χ0) is 30.3. The van der Waals surface area contributed by atoms with Crippen LogP contribution in [0, 0.1) is 0 Å². The third kappa shape index (κ3) is 7.06. The number of piperazine rings is 1. The molecule has 0 unspecified atom stereocenters. The van der Waals surface area contributed by atoms with Crippen LogP contribution in [-0.4, -0.2) is 80.1 Å². The molecule has 5 rings (SSSR count). The molecular formula is C32H38N6O5. The van der Waals surface area contributed by atoms with E-state index in [1.54, 1.807) is 66.9 Å². The molecule has 1 saturated heterocycles. The highest BCUT2D eigenvalue weighted by Gasteiger charge is 2.26. The summed E-state index contributed by atoms with van der Waals surface area (Å²) >= 11 is 0. The third-order valence-electron chi connectivity index (χ3n) is 8.09. The molecule has 0 atom stereocenters. The molecule has 2 aromatic carbocycles. The van der Waals surface area contributed by atoms with E-state index in [0.717, 1.165) is 31.4 Å². The lowest BCUT2D eigenvalue weighted by atomic mass is 9.91. The van der Waals surface area contributed by atoms with E-state index in [1.165, 1.54) is 7.11 Å². The van der Waals surface area contributed by atoms with Crippen LogP contribution in [-0.2, 0) is 0 Å². The van der Waals surface area contributed by atoms with Gasteiger partial charge in [-0.3, -0.25) is 19.4 Å². The van der Waals surface area contributed by atoms with Crippen LogP contribution in [0.1, 0.15) is 56.8 Å². The number of carbonyl (C=O) groups excluding carboxylic acids is 3. The highest BCUT2D eigenvalue weighted by atomic mass is 16.5. The summed E-state index contributed by atoms with van der Waals surface area (Å²) in [6.07, 6.45) is 6.59. The molecule has 4 N–H and O–H groups in total. The standard InChI is InChI=1S/C32H38N6O5/c1-42-28-10-4-23(20-29(28)43-2)32(41)38-17-15-37(16-18-38)27-9-3-22(31(40)35-25-7-5-24(33)6-8-25)19-26(27)36-30(39)21-11-13-34-14-12-21/h3-4,9-14,19-20,24-25H,5-8,15-18,33H2,1-2H3,(H,35,40)(H,36,39). The van der Waals surface area contributed by atoms with Crippen LogP contribution < -0.4 is 30.7 Å². The van der Waals surface area contributed by atoms with Gasteiger partial charge in [-0.2, -0.15) is 0 Å².